The Morgan fingerprint density at radius 3 is 2.92 bits per heavy atom. The second kappa shape index (κ2) is 8.81. The molecule has 3 rings (SSSR count). The van der Waals surface area contributed by atoms with Gasteiger partial charge in [0.25, 0.3) is 0 Å². The van der Waals surface area contributed by atoms with Gasteiger partial charge in [0.2, 0.25) is 0 Å². The maximum absolute atomic E-state index is 13.6. The predicted molar refractivity (Wildman–Crippen MR) is 92.7 cm³/mol. The van der Waals surface area contributed by atoms with Gasteiger partial charge < -0.3 is 14.8 Å². The van der Waals surface area contributed by atoms with Crippen molar-refractivity contribution in [2.45, 2.75) is 31.9 Å². The van der Waals surface area contributed by atoms with Crippen molar-refractivity contribution in [2.24, 2.45) is 0 Å². The lowest BCUT2D eigenvalue weighted by molar-refractivity contribution is 0.110. The van der Waals surface area contributed by atoms with E-state index < -0.39 is 0 Å². The Labute approximate surface area is 142 Å². The molecule has 1 atom stereocenters. The SMILES string of the molecule is Fc1ccccc1CCOc1cccc(CNCC2CCCO2)c1. The second-order valence-corrected chi connectivity index (χ2v) is 6.10. The molecule has 1 N–H and O–H groups in total. The standard InChI is InChI=1S/C20H24FNO2/c21-20-9-2-1-6-17(20)10-12-24-18-7-3-5-16(13-18)14-22-15-19-8-4-11-23-19/h1-3,5-7,9,13,19,22H,4,8,10-12,14-15H2. The average molecular weight is 329 g/mol. The van der Waals surface area contributed by atoms with Gasteiger partial charge in [0, 0.05) is 26.1 Å². The van der Waals surface area contributed by atoms with Crippen LogP contribution in [0.3, 0.4) is 0 Å². The molecule has 0 amide bonds. The summed E-state index contributed by atoms with van der Waals surface area (Å²) in [6.07, 6.45) is 3.23. The van der Waals surface area contributed by atoms with Crippen LogP contribution in [0.15, 0.2) is 48.5 Å². The number of nitrogens with one attached hydrogen (secondary N) is 1. The molecule has 0 aliphatic carbocycles. The monoisotopic (exact) mass is 329 g/mol. The number of ether oxygens (including phenoxy) is 2. The minimum absolute atomic E-state index is 0.173. The van der Waals surface area contributed by atoms with E-state index in [4.69, 9.17) is 9.47 Å². The molecular formula is C20H24FNO2. The molecule has 1 aliphatic rings. The zero-order valence-electron chi connectivity index (χ0n) is 13.8. The van der Waals surface area contributed by atoms with Crippen LogP contribution >= 0.6 is 0 Å². The predicted octanol–water partition coefficient (Wildman–Crippen LogP) is 3.72. The van der Waals surface area contributed by atoms with Gasteiger partial charge in [0.1, 0.15) is 11.6 Å². The Morgan fingerprint density at radius 1 is 1.17 bits per heavy atom. The van der Waals surface area contributed by atoms with Gasteiger partial charge in [-0.3, -0.25) is 0 Å². The summed E-state index contributed by atoms with van der Waals surface area (Å²) >= 11 is 0. The largest absolute Gasteiger partial charge is 0.493 e. The lowest BCUT2D eigenvalue weighted by Gasteiger charge is -2.12. The lowest BCUT2D eigenvalue weighted by Crippen LogP contribution is -2.25. The molecule has 0 spiro atoms. The molecule has 0 aromatic heterocycles. The van der Waals surface area contributed by atoms with E-state index in [1.165, 1.54) is 11.6 Å². The smallest absolute Gasteiger partial charge is 0.126 e. The molecule has 0 saturated carbocycles. The fourth-order valence-corrected chi connectivity index (χ4v) is 2.91. The highest BCUT2D eigenvalue weighted by Gasteiger charge is 2.14. The number of rotatable bonds is 8. The number of hydrogen-bond donors (Lipinski definition) is 1. The zero-order chi connectivity index (χ0) is 16.6. The summed E-state index contributed by atoms with van der Waals surface area (Å²) in [5, 5.41) is 3.43. The minimum Gasteiger partial charge on any atom is -0.493 e. The van der Waals surface area contributed by atoms with Crippen molar-refractivity contribution in [2.75, 3.05) is 19.8 Å². The number of benzene rings is 2. The summed E-state index contributed by atoms with van der Waals surface area (Å²) in [5.41, 5.74) is 1.86. The Kier molecular flexibility index (Phi) is 6.21. The molecule has 1 heterocycles. The summed E-state index contributed by atoms with van der Waals surface area (Å²) in [6, 6.07) is 14.9. The van der Waals surface area contributed by atoms with Crippen LogP contribution in [0, 0.1) is 5.82 Å². The molecule has 0 bridgehead atoms. The highest BCUT2D eigenvalue weighted by atomic mass is 19.1. The third-order valence-corrected chi connectivity index (χ3v) is 4.22. The summed E-state index contributed by atoms with van der Waals surface area (Å²) in [5.74, 6) is 0.649. The molecule has 128 valence electrons. The molecule has 24 heavy (non-hydrogen) atoms. The van der Waals surface area contributed by atoms with Crippen LogP contribution in [0.5, 0.6) is 5.75 Å². The Morgan fingerprint density at radius 2 is 2.08 bits per heavy atom. The van der Waals surface area contributed by atoms with E-state index in [0.29, 0.717) is 24.7 Å². The van der Waals surface area contributed by atoms with Crippen LogP contribution in [-0.4, -0.2) is 25.9 Å². The van der Waals surface area contributed by atoms with Crippen LogP contribution in [-0.2, 0) is 17.7 Å². The van der Waals surface area contributed by atoms with Crippen molar-refractivity contribution >= 4 is 0 Å². The van der Waals surface area contributed by atoms with Crippen LogP contribution < -0.4 is 10.1 Å². The molecule has 1 unspecified atom stereocenters. The number of halogens is 1. The van der Waals surface area contributed by atoms with Crippen molar-refractivity contribution in [1.29, 1.82) is 0 Å². The maximum Gasteiger partial charge on any atom is 0.126 e. The van der Waals surface area contributed by atoms with E-state index in [1.807, 2.05) is 24.3 Å². The molecule has 1 aliphatic heterocycles. The first-order valence-corrected chi connectivity index (χ1v) is 8.59. The minimum atomic E-state index is -0.173. The molecule has 0 radical (unpaired) electrons. The first-order chi connectivity index (χ1) is 11.8. The molecule has 3 nitrogen and oxygen atoms in total. The van der Waals surface area contributed by atoms with Crippen molar-refractivity contribution in [3.63, 3.8) is 0 Å². The van der Waals surface area contributed by atoms with Crippen LogP contribution in [0.4, 0.5) is 4.39 Å². The highest BCUT2D eigenvalue weighted by Crippen LogP contribution is 2.15. The quantitative estimate of drug-likeness (QED) is 0.801. The first-order valence-electron chi connectivity index (χ1n) is 8.59. The normalized spacial score (nSPS) is 17.1. The first kappa shape index (κ1) is 16.9. The Bertz CT molecular complexity index is 641. The molecular weight excluding hydrogens is 305 g/mol. The van der Waals surface area contributed by atoms with Crippen LogP contribution in [0.2, 0.25) is 0 Å². The molecule has 2 aromatic rings. The summed E-state index contributed by atoms with van der Waals surface area (Å²) in [6.45, 7) is 3.04. The van der Waals surface area contributed by atoms with Crippen molar-refractivity contribution in [3.8, 4) is 5.75 Å². The lowest BCUT2D eigenvalue weighted by atomic mass is 10.1. The van der Waals surface area contributed by atoms with E-state index >= 15 is 0 Å². The number of hydrogen-bond acceptors (Lipinski definition) is 3. The van der Waals surface area contributed by atoms with Crippen LogP contribution in [0.1, 0.15) is 24.0 Å². The summed E-state index contributed by atoms with van der Waals surface area (Å²) < 4.78 is 24.9. The summed E-state index contributed by atoms with van der Waals surface area (Å²) in [7, 11) is 0. The highest BCUT2D eigenvalue weighted by molar-refractivity contribution is 5.28. The van der Waals surface area contributed by atoms with Crippen molar-refractivity contribution < 1.29 is 13.9 Å². The van der Waals surface area contributed by atoms with Gasteiger partial charge in [0.05, 0.1) is 12.7 Å². The third-order valence-electron chi connectivity index (χ3n) is 4.22. The molecule has 2 aromatic carbocycles. The molecule has 1 fully saturated rings. The van der Waals surface area contributed by atoms with E-state index in [-0.39, 0.29) is 5.82 Å². The van der Waals surface area contributed by atoms with Gasteiger partial charge in [-0.2, -0.15) is 0 Å². The van der Waals surface area contributed by atoms with Crippen LogP contribution in [0.25, 0.3) is 0 Å². The van der Waals surface area contributed by atoms with Crippen molar-refractivity contribution in [3.05, 3.63) is 65.5 Å². The Balaban J connectivity index is 1.43. The summed E-state index contributed by atoms with van der Waals surface area (Å²) in [4.78, 5) is 0. The maximum atomic E-state index is 13.6. The zero-order valence-corrected chi connectivity index (χ0v) is 13.8. The van der Waals surface area contributed by atoms with E-state index in [9.17, 15) is 4.39 Å². The van der Waals surface area contributed by atoms with Crippen molar-refractivity contribution in [1.82, 2.24) is 5.32 Å². The average Bonchev–Trinajstić information content (AvgIpc) is 3.11. The van der Waals surface area contributed by atoms with Gasteiger partial charge in [-0.1, -0.05) is 30.3 Å². The van der Waals surface area contributed by atoms with Gasteiger partial charge in [-0.15, -0.1) is 0 Å². The molecule has 4 heteroatoms. The van der Waals surface area contributed by atoms with Gasteiger partial charge in [-0.25, -0.2) is 4.39 Å². The topological polar surface area (TPSA) is 30.5 Å². The third kappa shape index (κ3) is 5.05. The molecule has 1 saturated heterocycles. The van der Waals surface area contributed by atoms with Gasteiger partial charge in [-0.05, 0) is 42.2 Å². The van der Waals surface area contributed by atoms with Gasteiger partial charge >= 0.3 is 0 Å². The van der Waals surface area contributed by atoms with E-state index in [0.717, 1.165) is 38.3 Å². The fourth-order valence-electron chi connectivity index (χ4n) is 2.91. The van der Waals surface area contributed by atoms with E-state index in [2.05, 4.69) is 11.4 Å². The second-order valence-electron chi connectivity index (χ2n) is 6.10. The Hall–Kier alpha value is -1.91. The van der Waals surface area contributed by atoms with Gasteiger partial charge in [0.15, 0.2) is 0 Å². The fraction of sp³-hybridized carbons (Fsp3) is 0.400. The van der Waals surface area contributed by atoms with E-state index in [1.54, 1.807) is 12.1 Å².